The van der Waals surface area contributed by atoms with E-state index in [1.54, 1.807) is 4.90 Å². The highest BCUT2D eigenvalue weighted by atomic mass is 79.9. The molecule has 96 valence electrons. The number of amides is 1. The van der Waals surface area contributed by atoms with Crippen LogP contribution in [0.3, 0.4) is 0 Å². The van der Waals surface area contributed by atoms with Gasteiger partial charge in [-0.05, 0) is 36.0 Å². The molecule has 1 aromatic carbocycles. The van der Waals surface area contributed by atoms with Crippen molar-refractivity contribution in [2.24, 2.45) is 11.8 Å². The van der Waals surface area contributed by atoms with Gasteiger partial charge in [-0.1, -0.05) is 35.0 Å². The third kappa shape index (κ3) is 1.51. The van der Waals surface area contributed by atoms with Crippen molar-refractivity contribution in [3.05, 3.63) is 34.3 Å². The lowest BCUT2D eigenvalue weighted by molar-refractivity contribution is 0.146. The van der Waals surface area contributed by atoms with Gasteiger partial charge < -0.3 is 10.0 Å². The first-order valence-corrected chi connectivity index (χ1v) is 7.12. The molecule has 2 atom stereocenters. The topological polar surface area (TPSA) is 40.5 Å². The van der Waals surface area contributed by atoms with Crippen molar-refractivity contribution in [2.75, 3.05) is 13.1 Å². The summed E-state index contributed by atoms with van der Waals surface area (Å²) < 4.78 is 1.10. The summed E-state index contributed by atoms with van der Waals surface area (Å²) in [6, 6.07) is 8.47. The maximum Gasteiger partial charge on any atom is 0.407 e. The minimum absolute atomic E-state index is 0.218. The monoisotopic (exact) mass is 309 g/mol. The van der Waals surface area contributed by atoms with Gasteiger partial charge in [0, 0.05) is 23.0 Å². The number of hydrogen-bond donors (Lipinski definition) is 1. The van der Waals surface area contributed by atoms with Gasteiger partial charge in [-0.15, -0.1) is 0 Å². The Hall–Kier alpha value is -1.03. The maximum absolute atomic E-state index is 11.0. The van der Waals surface area contributed by atoms with E-state index in [-0.39, 0.29) is 5.41 Å². The number of halogens is 1. The number of rotatable bonds is 2. The largest absolute Gasteiger partial charge is 0.465 e. The minimum atomic E-state index is -0.776. The van der Waals surface area contributed by atoms with Gasteiger partial charge in [0.25, 0.3) is 0 Å². The molecule has 0 radical (unpaired) electrons. The third-order valence-corrected chi connectivity index (χ3v) is 5.24. The maximum atomic E-state index is 11.0. The molecule has 1 aromatic rings. The van der Waals surface area contributed by atoms with E-state index in [0.29, 0.717) is 24.9 Å². The first-order chi connectivity index (χ1) is 8.59. The summed E-state index contributed by atoms with van der Waals surface area (Å²) in [6.07, 6.45) is 0.313. The van der Waals surface area contributed by atoms with Crippen molar-refractivity contribution in [3.63, 3.8) is 0 Å². The number of likely N-dealkylation sites (tertiary alicyclic amines) is 1. The van der Waals surface area contributed by atoms with Crippen LogP contribution in [0.15, 0.2) is 28.7 Å². The Balaban J connectivity index is 1.87. The third-order valence-electron chi connectivity index (χ3n) is 4.75. The Labute approximate surface area is 115 Å². The first-order valence-electron chi connectivity index (χ1n) is 6.33. The summed E-state index contributed by atoms with van der Waals surface area (Å²) >= 11 is 3.52. The number of hydrogen-bond acceptors (Lipinski definition) is 1. The summed E-state index contributed by atoms with van der Waals surface area (Å²) in [5, 5.41) is 9.03. The Bertz CT molecular complexity index is 490. The molecule has 0 bridgehead atoms. The Morgan fingerprint density at radius 3 is 2.67 bits per heavy atom. The van der Waals surface area contributed by atoms with Crippen molar-refractivity contribution >= 4 is 22.0 Å². The van der Waals surface area contributed by atoms with Crippen LogP contribution in [0.25, 0.3) is 0 Å². The lowest BCUT2D eigenvalue weighted by atomic mass is 9.87. The van der Waals surface area contributed by atoms with Crippen molar-refractivity contribution in [1.82, 2.24) is 4.90 Å². The minimum Gasteiger partial charge on any atom is -0.465 e. The molecule has 0 aromatic heterocycles. The summed E-state index contributed by atoms with van der Waals surface area (Å²) in [7, 11) is 0. The van der Waals surface area contributed by atoms with Crippen LogP contribution in [-0.2, 0) is 5.41 Å². The van der Waals surface area contributed by atoms with E-state index in [9.17, 15) is 4.79 Å². The van der Waals surface area contributed by atoms with Crippen molar-refractivity contribution in [1.29, 1.82) is 0 Å². The van der Waals surface area contributed by atoms with Gasteiger partial charge in [0.05, 0.1) is 0 Å². The predicted octanol–water partition coefficient (Wildman–Crippen LogP) is 3.34. The van der Waals surface area contributed by atoms with Gasteiger partial charge in [-0.3, -0.25) is 0 Å². The van der Waals surface area contributed by atoms with E-state index in [4.69, 9.17) is 5.11 Å². The number of carboxylic acid groups (broad SMARTS) is 1. The molecule has 2 fully saturated rings. The predicted molar refractivity (Wildman–Crippen MR) is 72.7 cm³/mol. The van der Waals surface area contributed by atoms with Gasteiger partial charge in [0.15, 0.2) is 0 Å². The van der Waals surface area contributed by atoms with E-state index in [1.807, 2.05) is 6.07 Å². The van der Waals surface area contributed by atoms with E-state index in [0.717, 1.165) is 10.9 Å². The van der Waals surface area contributed by atoms with Gasteiger partial charge in [0.2, 0.25) is 0 Å². The molecule has 18 heavy (non-hydrogen) atoms. The van der Waals surface area contributed by atoms with Crippen LogP contribution in [0.5, 0.6) is 0 Å². The molecule has 0 spiro atoms. The van der Waals surface area contributed by atoms with E-state index >= 15 is 0 Å². The molecule has 1 saturated heterocycles. The average molecular weight is 310 g/mol. The molecule has 1 amide bonds. The highest BCUT2D eigenvalue weighted by Crippen LogP contribution is 2.65. The van der Waals surface area contributed by atoms with Crippen LogP contribution < -0.4 is 0 Å². The zero-order valence-corrected chi connectivity index (χ0v) is 11.9. The lowest BCUT2D eigenvalue weighted by Crippen LogP contribution is -2.33. The van der Waals surface area contributed by atoms with Crippen molar-refractivity contribution < 1.29 is 9.90 Å². The fourth-order valence-electron chi connectivity index (χ4n) is 3.83. The molecule has 1 aliphatic carbocycles. The zero-order chi connectivity index (χ0) is 12.9. The number of benzene rings is 1. The van der Waals surface area contributed by atoms with E-state index in [2.05, 4.69) is 41.1 Å². The van der Waals surface area contributed by atoms with Crippen molar-refractivity contribution in [3.8, 4) is 0 Å². The number of carbonyl (C=O) groups is 1. The van der Waals surface area contributed by atoms with Gasteiger partial charge >= 0.3 is 6.09 Å². The Kier molecular flexibility index (Phi) is 2.66. The smallest absolute Gasteiger partial charge is 0.407 e. The summed E-state index contributed by atoms with van der Waals surface area (Å²) in [5.74, 6) is 1.01. The fraction of sp³-hybridized carbons (Fsp3) is 0.500. The van der Waals surface area contributed by atoms with Crippen LogP contribution in [0.1, 0.15) is 18.9 Å². The molecule has 2 aliphatic rings. The lowest BCUT2D eigenvalue weighted by Gasteiger charge is -2.24. The standard InChI is InChI=1S/C14H16BrNO2/c1-2-14(9-4-3-5-10(15)6-9)11-7-16(13(17)18)8-12(11)14/h3-6,11-12H,2,7-8H2,1H3,(H,17,18). The quantitative estimate of drug-likeness (QED) is 0.910. The second-order valence-corrected chi connectivity index (χ2v) is 6.22. The van der Waals surface area contributed by atoms with E-state index in [1.165, 1.54) is 5.56 Å². The van der Waals surface area contributed by atoms with Gasteiger partial charge in [-0.25, -0.2) is 4.79 Å². The molecule has 2 unspecified atom stereocenters. The SMILES string of the molecule is CCC1(c2cccc(Br)c2)C2CN(C(=O)O)CC21. The number of nitrogens with zero attached hydrogens (tertiary/aromatic N) is 1. The normalized spacial score (nSPS) is 33.3. The highest BCUT2D eigenvalue weighted by molar-refractivity contribution is 9.10. The summed E-state index contributed by atoms with van der Waals surface area (Å²) in [5.41, 5.74) is 1.58. The molecular weight excluding hydrogens is 294 g/mol. The molecular formula is C14H16BrNO2. The second-order valence-electron chi connectivity index (χ2n) is 5.30. The molecule has 1 aliphatic heterocycles. The average Bonchev–Trinajstić information content (AvgIpc) is 2.73. The fourth-order valence-corrected chi connectivity index (χ4v) is 4.22. The molecule has 3 nitrogen and oxygen atoms in total. The van der Waals surface area contributed by atoms with E-state index < -0.39 is 6.09 Å². The molecule has 1 saturated carbocycles. The first kappa shape index (κ1) is 12.0. The second kappa shape index (κ2) is 3.98. The summed E-state index contributed by atoms with van der Waals surface area (Å²) in [6.45, 7) is 3.60. The number of piperidine rings is 1. The van der Waals surface area contributed by atoms with Crippen LogP contribution in [0.2, 0.25) is 0 Å². The zero-order valence-electron chi connectivity index (χ0n) is 10.3. The van der Waals surface area contributed by atoms with Crippen LogP contribution in [0, 0.1) is 11.8 Å². The van der Waals surface area contributed by atoms with Crippen molar-refractivity contribution in [2.45, 2.75) is 18.8 Å². The molecule has 4 heteroatoms. The number of fused-ring (bicyclic) bond motifs is 1. The Morgan fingerprint density at radius 1 is 1.50 bits per heavy atom. The molecule has 1 heterocycles. The molecule has 3 rings (SSSR count). The van der Waals surface area contributed by atoms with Crippen LogP contribution in [0.4, 0.5) is 4.79 Å². The van der Waals surface area contributed by atoms with Crippen LogP contribution in [-0.4, -0.2) is 29.2 Å². The van der Waals surface area contributed by atoms with Gasteiger partial charge in [0.1, 0.15) is 0 Å². The Morgan fingerprint density at radius 2 is 2.17 bits per heavy atom. The molecule has 1 N–H and O–H groups in total. The van der Waals surface area contributed by atoms with Gasteiger partial charge in [-0.2, -0.15) is 0 Å². The highest BCUT2D eigenvalue weighted by Gasteiger charge is 2.68. The van der Waals surface area contributed by atoms with Crippen LogP contribution >= 0.6 is 15.9 Å². The summed E-state index contributed by atoms with van der Waals surface area (Å²) in [4.78, 5) is 12.5.